The zero-order valence-corrected chi connectivity index (χ0v) is 10.2. The maximum atomic E-state index is 4.59. The van der Waals surface area contributed by atoms with Gasteiger partial charge >= 0.3 is 17.1 Å². The number of aromatic nitrogens is 4. The van der Waals surface area contributed by atoms with Gasteiger partial charge in [0.25, 0.3) is 0 Å². The van der Waals surface area contributed by atoms with E-state index in [1.165, 1.54) is 0 Å². The average molecular weight is 278 g/mol. The molecule has 0 radical (unpaired) electrons. The van der Waals surface area contributed by atoms with E-state index >= 15 is 0 Å². The first kappa shape index (κ1) is 14.1. The minimum Gasteiger partial charge on any atom is -0.740 e. The van der Waals surface area contributed by atoms with Gasteiger partial charge in [-0.3, -0.25) is 19.9 Å². The van der Waals surface area contributed by atoms with Gasteiger partial charge in [-0.2, -0.15) is 0 Å². The van der Waals surface area contributed by atoms with Gasteiger partial charge in [0, 0.05) is 35.1 Å². The van der Waals surface area contributed by atoms with E-state index in [4.69, 9.17) is 0 Å². The zero-order chi connectivity index (χ0) is 10.2. The molecule has 7 heteroatoms. The SMILES string of the molecule is [Fe+2].[S-]c1ncccn1.[S-]c1ncccn1. The van der Waals surface area contributed by atoms with E-state index in [-0.39, 0.29) is 17.1 Å². The van der Waals surface area contributed by atoms with Gasteiger partial charge in [0.1, 0.15) is 0 Å². The Bertz CT molecular complexity index is 322. The Kier molecular flexibility index (Phi) is 7.93. The second-order valence-corrected chi connectivity index (χ2v) is 2.79. The molecular weight excluding hydrogens is 272 g/mol. The van der Waals surface area contributed by atoms with Crippen molar-refractivity contribution in [3.05, 3.63) is 36.9 Å². The van der Waals surface area contributed by atoms with Gasteiger partial charge in [-0.25, -0.2) is 0 Å². The molecule has 2 heterocycles. The zero-order valence-electron chi connectivity index (χ0n) is 7.42. The quantitative estimate of drug-likeness (QED) is 0.403. The third-order valence-corrected chi connectivity index (χ3v) is 1.51. The van der Waals surface area contributed by atoms with Crippen molar-refractivity contribution in [2.45, 2.75) is 10.3 Å². The van der Waals surface area contributed by atoms with Crippen molar-refractivity contribution >= 4 is 25.3 Å². The van der Waals surface area contributed by atoms with Crippen LogP contribution < -0.4 is 0 Å². The van der Waals surface area contributed by atoms with Crippen molar-refractivity contribution in [2.75, 3.05) is 0 Å². The maximum absolute atomic E-state index is 4.59. The van der Waals surface area contributed by atoms with Gasteiger partial charge in [0.05, 0.1) is 0 Å². The largest absolute Gasteiger partial charge is 2.00 e. The molecule has 2 aromatic heterocycles. The number of hydrogen-bond acceptors (Lipinski definition) is 6. The van der Waals surface area contributed by atoms with Crippen LogP contribution in [0.2, 0.25) is 0 Å². The van der Waals surface area contributed by atoms with Gasteiger partial charge in [-0.15, -0.1) is 0 Å². The molecule has 0 aliphatic carbocycles. The van der Waals surface area contributed by atoms with E-state index in [1.807, 2.05) is 0 Å². The van der Waals surface area contributed by atoms with E-state index in [9.17, 15) is 0 Å². The Labute approximate surface area is 109 Å². The molecule has 0 aliphatic heterocycles. The molecule has 0 unspecified atom stereocenters. The molecule has 2 aromatic rings. The third kappa shape index (κ3) is 7.10. The van der Waals surface area contributed by atoms with E-state index in [1.54, 1.807) is 36.9 Å². The molecule has 0 aliphatic rings. The molecule has 0 N–H and O–H groups in total. The first-order valence-corrected chi connectivity index (χ1v) is 4.49. The summed E-state index contributed by atoms with van der Waals surface area (Å²) in [6.07, 6.45) is 6.48. The predicted molar refractivity (Wildman–Crippen MR) is 55.3 cm³/mol. The van der Waals surface area contributed by atoms with Crippen LogP contribution in [0.3, 0.4) is 0 Å². The Balaban J connectivity index is 0.000000245. The normalized spacial score (nSPS) is 8.00. The van der Waals surface area contributed by atoms with E-state index < -0.39 is 0 Å². The van der Waals surface area contributed by atoms with Crippen molar-refractivity contribution in [1.29, 1.82) is 0 Å². The first-order chi connectivity index (χ1) is 6.79. The molecule has 78 valence electrons. The molecule has 15 heavy (non-hydrogen) atoms. The summed E-state index contributed by atoms with van der Waals surface area (Å²) in [6, 6.07) is 3.46. The van der Waals surface area contributed by atoms with Gasteiger partial charge < -0.3 is 25.3 Å². The number of hydrogen-bond donors (Lipinski definition) is 0. The fourth-order valence-corrected chi connectivity index (χ4v) is 0.814. The van der Waals surface area contributed by atoms with Crippen LogP contribution in [-0.2, 0) is 42.3 Å². The molecule has 0 aromatic carbocycles. The number of rotatable bonds is 0. The Morgan fingerprint density at radius 2 is 0.933 bits per heavy atom. The van der Waals surface area contributed by atoms with Gasteiger partial charge in [-0.05, 0) is 12.1 Å². The fraction of sp³-hybridized carbons (Fsp3) is 0. The Hall–Kier alpha value is -0.881. The first-order valence-electron chi connectivity index (χ1n) is 3.67. The van der Waals surface area contributed by atoms with Crippen molar-refractivity contribution < 1.29 is 17.1 Å². The molecular formula is C8H6FeN4S2. The van der Waals surface area contributed by atoms with Gasteiger partial charge in [0.2, 0.25) is 0 Å². The topological polar surface area (TPSA) is 51.6 Å². The predicted octanol–water partition coefficient (Wildman–Crippen LogP) is 0.762. The Morgan fingerprint density at radius 3 is 1.07 bits per heavy atom. The van der Waals surface area contributed by atoms with Crippen LogP contribution >= 0.6 is 0 Å². The molecule has 0 atom stereocenters. The monoisotopic (exact) mass is 278 g/mol. The smallest absolute Gasteiger partial charge is 0.740 e. The molecule has 0 bridgehead atoms. The summed E-state index contributed by atoms with van der Waals surface area (Å²) in [5, 5.41) is 0.810. The summed E-state index contributed by atoms with van der Waals surface area (Å²) in [7, 11) is 0. The average Bonchev–Trinajstić information content (AvgIpc) is 2.21. The molecule has 4 nitrogen and oxygen atoms in total. The standard InChI is InChI=1S/2C4H4N2S.Fe/c2*7-4-5-2-1-3-6-4;/h2*1-3H,(H,5,6,7);/q;;+2/p-2. The van der Waals surface area contributed by atoms with Crippen molar-refractivity contribution in [2.24, 2.45) is 0 Å². The van der Waals surface area contributed by atoms with E-state index in [2.05, 4.69) is 45.2 Å². The van der Waals surface area contributed by atoms with Gasteiger partial charge in [0.15, 0.2) is 0 Å². The number of nitrogens with zero attached hydrogens (tertiary/aromatic N) is 4. The maximum Gasteiger partial charge on any atom is 2.00 e. The summed E-state index contributed by atoms with van der Waals surface area (Å²) in [4.78, 5) is 14.7. The molecule has 0 saturated carbocycles. The van der Waals surface area contributed by atoms with Crippen LogP contribution in [0.5, 0.6) is 0 Å². The summed E-state index contributed by atoms with van der Waals surface area (Å²) >= 11 is 9.18. The van der Waals surface area contributed by atoms with Crippen LogP contribution in [0.1, 0.15) is 0 Å². The summed E-state index contributed by atoms with van der Waals surface area (Å²) < 4.78 is 0. The Morgan fingerprint density at radius 1 is 0.667 bits per heavy atom. The van der Waals surface area contributed by atoms with Crippen LogP contribution in [-0.4, -0.2) is 19.9 Å². The van der Waals surface area contributed by atoms with Crippen LogP contribution in [0.4, 0.5) is 0 Å². The van der Waals surface area contributed by atoms with Crippen LogP contribution in [0.25, 0.3) is 0 Å². The van der Waals surface area contributed by atoms with E-state index in [0.29, 0.717) is 10.3 Å². The van der Waals surface area contributed by atoms with E-state index in [0.717, 1.165) is 0 Å². The molecule has 0 spiro atoms. The minimum atomic E-state index is 0. The molecule has 2 rings (SSSR count). The molecule has 0 fully saturated rings. The second kappa shape index (κ2) is 8.43. The summed E-state index contributed by atoms with van der Waals surface area (Å²) in [5.41, 5.74) is 0. The fourth-order valence-electron chi connectivity index (χ4n) is 0.571. The molecule has 0 amide bonds. The molecule has 0 saturated heterocycles. The second-order valence-electron chi connectivity index (χ2n) is 2.06. The van der Waals surface area contributed by atoms with Gasteiger partial charge in [-0.1, -0.05) is 0 Å². The van der Waals surface area contributed by atoms with Crippen molar-refractivity contribution in [3.63, 3.8) is 0 Å². The van der Waals surface area contributed by atoms with Crippen molar-refractivity contribution in [3.8, 4) is 0 Å². The minimum absolute atomic E-state index is 0. The third-order valence-electron chi connectivity index (χ3n) is 1.08. The summed E-state index contributed by atoms with van der Waals surface area (Å²) in [6.45, 7) is 0. The van der Waals surface area contributed by atoms with Crippen LogP contribution in [0.15, 0.2) is 47.2 Å². The summed E-state index contributed by atoms with van der Waals surface area (Å²) in [5.74, 6) is 0. The van der Waals surface area contributed by atoms with Crippen molar-refractivity contribution in [1.82, 2.24) is 19.9 Å². The van der Waals surface area contributed by atoms with Crippen LogP contribution in [0, 0.1) is 0 Å².